The Kier molecular flexibility index (Phi) is 5.38. The number of carbonyl (C=O) groups excluding carboxylic acids is 2. The van der Waals surface area contributed by atoms with Gasteiger partial charge in [-0.25, -0.2) is 14.6 Å². The molecular formula is C22H18FN3O4. The van der Waals surface area contributed by atoms with Gasteiger partial charge in [0.1, 0.15) is 17.3 Å². The van der Waals surface area contributed by atoms with Crippen LogP contribution in [0.2, 0.25) is 0 Å². The molecule has 0 saturated carbocycles. The first-order valence-electron chi connectivity index (χ1n) is 9.40. The number of furan rings is 1. The molecule has 7 nitrogen and oxygen atoms in total. The van der Waals surface area contributed by atoms with E-state index in [-0.39, 0.29) is 17.4 Å². The number of carbonyl (C=O) groups is 2. The van der Waals surface area contributed by atoms with Gasteiger partial charge in [-0.05, 0) is 56.2 Å². The predicted octanol–water partition coefficient (Wildman–Crippen LogP) is 3.81. The molecule has 0 fully saturated rings. The maximum atomic E-state index is 13.0. The van der Waals surface area contributed by atoms with E-state index in [1.165, 1.54) is 30.5 Å². The van der Waals surface area contributed by atoms with Gasteiger partial charge in [0.25, 0.3) is 5.91 Å². The van der Waals surface area contributed by atoms with E-state index >= 15 is 0 Å². The predicted molar refractivity (Wildman–Crippen MR) is 106 cm³/mol. The molecule has 1 aromatic carbocycles. The standard InChI is InChI=1S/C22H18FN3O4/c1-13-19-17(25-26-21(27)14-4-3-11-24-12-14)5-2-6-18(19)30-20(13)22(28)29-16-9-7-15(23)8-10-16/h3-4,7-12H,2,5-6H2,1H3,(H,26,27)/b25-17+. The van der Waals surface area contributed by atoms with Gasteiger partial charge in [-0.3, -0.25) is 9.78 Å². The van der Waals surface area contributed by atoms with Gasteiger partial charge < -0.3 is 9.15 Å². The first-order chi connectivity index (χ1) is 14.5. The zero-order chi connectivity index (χ0) is 21.1. The van der Waals surface area contributed by atoms with Crippen LogP contribution in [0.25, 0.3) is 0 Å². The van der Waals surface area contributed by atoms with Gasteiger partial charge in [0.2, 0.25) is 5.76 Å². The molecule has 0 spiro atoms. The van der Waals surface area contributed by atoms with Crippen molar-refractivity contribution in [1.82, 2.24) is 10.4 Å². The molecule has 1 amide bonds. The molecule has 1 aliphatic rings. The number of amides is 1. The van der Waals surface area contributed by atoms with E-state index in [0.717, 1.165) is 6.42 Å². The van der Waals surface area contributed by atoms with Gasteiger partial charge in [-0.15, -0.1) is 0 Å². The van der Waals surface area contributed by atoms with Gasteiger partial charge in [-0.1, -0.05) is 0 Å². The van der Waals surface area contributed by atoms with Gasteiger partial charge in [-0.2, -0.15) is 5.10 Å². The van der Waals surface area contributed by atoms with Crippen molar-refractivity contribution >= 4 is 17.6 Å². The lowest BCUT2D eigenvalue weighted by molar-refractivity contribution is 0.0698. The molecule has 4 rings (SSSR count). The zero-order valence-corrected chi connectivity index (χ0v) is 16.1. The number of hydrogen-bond acceptors (Lipinski definition) is 6. The topological polar surface area (TPSA) is 93.8 Å². The Hall–Kier alpha value is -3.81. The number of nitrogens with one attached hydrogen (secondary N) is 1. The highest BCUT2D eigenvalue weighted by Crippen LogP contribution is 2.30. The third-order valence-electron chi connectivity index (χ3n) is 4.75. The monoisotopic (exact) mass is 407 g/mol. The molecule has 3 aromatic rings. The lowest BCUT2D eigenvalue weighted by Gasteiger charge is -2.13. The number of pyridine rings is 1. The van der Waals surface area contributed by atoms with E-state index in [4.69, 9.17) is 9.15 Å². The number of nitrogens with zero attached hydrogens (tertiary/aromatic N) is 2. The Morgan fingerprint density at radius 3 is 2.73 bits per heavy atom. The third-order valence-corrected chi connectivity index (χ3v) is 4.75. The molecule has 1 aliphatic carbocycles. The number of fused-ring (bicyclic) bond motifs is 1. The zero-order valence-electron chi connectivity index (χ0n) is 16.1. The van der Waals surface area contributed by atoms with Crippen LogP contribution in [0.5, 0.6) is 5.75 Å². The van der Waals surface area contributed by atoms with Crippen LogP contribution >= 0.6 is 0 Å². The minimum absolute atomic E-state index is 0.0671. The van der Waals surface area contributed by atoms with Crippen molar-refractivity contribution in [3.8, 4) is 5.75 Å². The first-order valence-corrected chi connectivity index (χ1v) is 9.40. The molecule has 0 atom stereocenters. The van der Waals surface area contributed by atoms with E-state index in [0.29, 0.717) is 41.0 Å². The maximum absolute atomic E-state index is 13.0. The number of aromatic nitrogens is 1. The van der Waals surface area contributed by atoms with Crippen LogP contribution in [-0.2, 0) is 6.42 Å². The van der Waals surface area contributed by atoms with Gasteiger partial charge in [0.15, 0.2) is 0 Å². The Bertz CT molecular complexity index is 1120. The average Bonchev–Trinajstić information content (AvgIpc) is 3.11. The fraction of sp³-hybridized carbons (Fsp3) is 0.182. The molecule has 152 valence electrons. The third kappa shape index (κ3) is 3.98. The summed E-state index contributed by atoms with van der Waals surface area (Å²) in [5.41, 5.74) is 4.86. The van der Waals surface area contributed by atoms with Crippen LogP contribution < -0.4 is 10.2 Å². The molecule has 0 unspecified atom stereocenters. The fourth-order valence-corrected chi connectivity index (χ4v) is 3.31. The van der Waals surface area contributed by atoms with Crippen LogP contribution in [0.4, 0.5) is 4.39 Å². The van der Waals surface area contributed by atoms with Gasteiger partial charge in [0, 0.05) is 29.9 Å². The van der Waals surface area contributed by atoms with Crippen LogP contribution in [-0.4, -0.2) is 22.6 Å². The Morgan fingerprint density at radius 2 is 2.00 bits per heavy atom. The van der Waals surface area contributed by atoms with Crippen LogP contribution in [0, 0.1) is 12.7 Å². The minimum Gasteiger partial charge on any atom is -0.453 e. The normalized spacial score (nSPS) is 14.3. The molecule has 0 bridgehead atoms. The van der Waals surface area contributed by atoms with Crippen molar-refractivity contribution in [1.29, 1.82) is 0 Å². The van der Waals surface area contributed by atoms with Crippen molar-refractivity contribution in [2.75, 3.05) is 0 Å². The number of halogens is 1. The fourth-order valence-electron chi connectivity index (χ4n) is 3.31. The molecule has 1 N–H and O–H groups in total. The second-order valence-electron chi connectivity index (χ2n) is 6.79. The number of hydrogen-bond donors (Lipinski definition) is 1. The van der Waals surface area contributed by atoms with Crippen LogP contribution in [0.15, 0.2) is 58.3 Å². The summed E-state index contributed by atoms with van der Waals surface area (Å²) in [6, 6.07) is 8.46. The quantitative estimate of drug-likeness (QED) is 0.403. The average molecular weight is 407 g/mol. The molecule has 0 saturated heterocycles. The van der Waals surface area contributed by atoms with Gasteiger partial charge in [0.05, 0.1) is 11.3 Å². The molecule has 2 heterocycles. The second-order valence-corrected chi connectivity index (χ2v) is 6.79. The number of rotatable bonds is 4. The second kappa shape index (κ2) is 8.28. The van der Waals surface area contributed by atoms with E-state index in [1.807, 2.05) is 0 Å². The molecule has 8 heteroatoms. The first kappa shape index (κ1) is 19.5. The van der Waals surface area contributed by atoms with Crippen molar-refractivity contribution in [2.24, 2.45) is 5.10 Å². The van der Waals surface area contributed by atoms with Crippen molar-refractivity contribution in [2.45, 2.75) is 26.2 Å². The minimum atomic E-state index is -0.674. The highest BCUT2D eigenvalue weighted by molar-refractivity contribution is 6.06. The van der Waals surface area contributed by atoms with Crippen molar-refractivity contribution < 1.29 is 23.1 Å². The molecule has 0 radical (unpaired) electrons. The van der Waals surface area contributed by atoms with Crippen LogP contribution in [0.1, 0.15) is 50.6 Å². The summed E-state index contributed by atoms with van der Waals surface area (Å²) in [7, 11) is 0. The largest absolute Gasteiger partial charge is 0.453 e. The summed E-state index contributed by atoms with van der Waals surface area (Å²) < 4.78 is 24.1. The van der Waals surface area contributed by atoms with E-state index in [2.05, 4.69) is 15.5 Å². The summed E-state index contributed by atoms with van der Waals surface area (Å²) in [6.45, 7) is 1.74. The summed E-state index contributed by atoms with van der Waals surface area (Å²) in [5.74, 6) is -0.565. The molecule has 2 aromatic heterocycles. The number of esters is 1. The van der Waals surface area contributed by atoms with Crippen molar-refractivity contribution in [3.63, 3.8) is 0 Å². The number of hydrazone groups is 1. The summed E-state index contributed by atoms with van der Waals surface area (Å²) >= 11 is 0. The lowest BCUT2D eigenvalue weighted by Crippen LogP contribution is -2.22. The van der Waals surface area contributed by atoms with Gasteiger partial charge >= 0.3 is 5.97 Å². The molecular weight excluding hydrogens is 389 g/mol. The Labute approximate surface area is 171 Å². The highest BCUT2D eigenvalue weighted by Gasteiger charge is 2.29. The number of aryl methyl sites for hydroxylation is 1. The maximum Gasteiger partial charge on any atom is 0.379 e. The van der Waals surface area contributed by atoms with Crippen LogP contribution in [0.3, 0.4) is 0 Å². The van der Waals surface area contributed by atoms with Crippen molar-refractivity contribution in [3.05, 3.63) is 82.8 Å². The number of ether oxygens (including phenoxy) is 1. The smallest absolute Gasteiger partial charge is 0.379 e. The highest BCUT2D eigenvalue weighted by atomic mass is 19.1. The van der Waals surface area contributed by atoms with E-state index < -0.39 is 11.8 Å². The Balaban J connectivity index is 1.56. The molecule has 30 heavy (non-hydrogen) atoms. The summed E-state index contributed by atoms with van der Waals surface area (Å²) in [5, 5.41) is 4.26. The summed E-state index contributed by atoms with van der Waals surface area (Å²) in [6.07, 6.45) is 5.09. The SMILES string of the molecule is Cc1c(C(=O)Oc2ccc(F)cc2)oc2c1/C(=N/NC(=O)c1cccnc1)CCC2. The Morgan fingerprint density at radius 1 is 1.20 bits per heavy atom. The number of benzene rings is 1. The summed E-state index contributed by atoms with van der Waals surface area (Å²) in [4.78, 5) is 28.7. The van der Waals surface area contributed by atoms with E-state index in [9.17, 15) is 14.0 Å². The lowest BCUT2D eigenvalue weighted by atomic mass is 9.93. The molecule has 0 aliphatic heterocycles. The van der Waals surface area contributed by atoms with E-state index in [1.54, 1.807) is 25.3 Å².